The van der Waals surface area contributed by atoms with Gasteiger partial charge in [0, 0.05) is 18.8 Å². The molecule has 0 saturated carbocycles. The molecule has 1 N–H and O–H groups in total. The van der Waals surface area contributed by atoms with Gasteiger partial charge in [-0.25, -0.2) is 0 Å². The number of morpholine rings is 1. The van der Waals surface area contributed by atoms with Gasteiger partial charge in [0.1, 0.15) is 6.10 Å². The predicted molar refractivity (Wildman–Crippen MR) is 128 cm³/mol. The van der Waals surface area contributed by atoms with Crippen molar-refractivity contribution >= 4 is 11.5 Å². The summed E-state index contributed by atoms with van der Waals surface area (Å²) in [5.41, 5.74) is 2.33. The lowest BCUT2D eigenvalue weighted by Crippen LogP contribution is -2.54. The molecule has 2 aliphatic rings. The number of carbonyl (C=O) groups excluding carboxylic acids is 1. The van der Waals surface area contributed by atoms with Gasteiger partial charge in [0.15, 0.2) is 5.78 Å². The van der Waals surface area contributed by atoms with E-state index in [9.17, 15) is 9.90 Å². The van der Waals surface area contributed by atoms with Gasteiger partial charge in [-0.2, -0.15) is 0 Å². The molecule has 0 aromatic heterocycles. The monoisotopic (exact) mass is 432 g/mol. The van der Waals surface area contributed by atoms with Crippen LogP contribution in [-0.2, 0) is 16.0 Å². The summed E-state index contributed by atoms with van der Waals surface area (Å²) in [5, 5.41) is 11.1. The van der Waals surface area contributed by atoms with E-state index in [1.807, 2.05) is 74.8 Å². The highest BCUT2D eigenvalue weighted by Crippen LogP contribution is 2.36. The van der Waals surface area contributed by atoms with E-state index in [1.165, 1.54) is 0 Å². The lowest BCUT2D eigenvalue weighted by atomic mass is 9.72. The van der Waals surface area contributed by atoms with Crippen LogP contribution in [0.1, 0.15) is 17.2 Å². The first kappa shape index (κ1) is 22.5. The molecule has 0 spiro atoms. The number of carbonyl (C=O) groups is 1. The van der Waals surface area contributed by atoms with E-state index in [4.69, 9.17) is 4.74 Å². The average Bonchev–Trinajstić information content (AvgIpc) is 2.84. The SMILES string of the molecule is CN(C)C1(Cc2ccccc2)C=CC=CC1C(=O)C(O)c1ccc(N2CCOCC2)cc1. The molecule has 0 amide bonds. The second kappa shape index (κ2) is 9.82. The van der Waals surface area contributed by atoms with Crippen LogP contribution in [0.3, 0.4) is 0 Å². The zero-order valence-electron chi connectivity index (χ0n) is 18.9. The first-order valence-electron chi connectivity index (χ1n) is 11.2. The fourth-order valence-electron chi connectivity index (χ4n) is 4.71. The summed E-state index contributed by atoms with van der Waals surface area (Å²) < 4.78 is 5.42. The predicted octanol–water partition coefficient (Wildman–Crippen LogP) is 3.41. The number of ketones is 1. The minimum absolute atomic E-state index is 0.186. The third-order valence-corrected chi connectivity index (χ3v) is 6.66. The maximum atomic E-state index is 13.6. The quantitative estimate of drug-likeness (QED) is 0.727. The van der Waals surface area contributed by atoms with Crippen molar-refractivity contribution in [1.82, 2.24) is 4.90 Å². The van der Waals surface area contributed by atoms with E-state index in [-0.39, 0.29) is 5.78 Å². The Balaban J connectivity index is 1.57. The lowest BCUT2D eigenvalue weighted by Gasteiger charge is -2.44. The largest absolute Gasteiger partial charge is 0.381 e. The van der Waals surface area contributed by atoms with Crippen LogP contribution in [0.5, 0.6) is 0 Å². The lowest BCUT2D eigenvalue weighted by molar-refractivity contribution is -0.133. The van der Waals surface area contributed by atoms with Crippen molar-refractivity contribution in [2.45, 2.75) is 18.1 Å². The maximum absolute atomic E-state index is 13.6. The second-order valence-electron chi connectivity index (χ2n) is 8.77. The van der Waals surface area contributed by atoms with Crippen LogP contribution in [0.4, 0.5) is 5.69 Å². The first-order valence-corrected chi connectivity index (χ1v) is 11.2. The molecule has 2 aromatic rings. The molecule has 5 nitrogen and oxygen atoms in total. The van der Waals surface area contributed by atoms with Crippen LogP contribution in [0.15, 0.2) is 78.9 Å². The summed E-state index contributed by atoms with van der Waals surface area (Å²) in [5.74, 6) is -0.647. The van der Waals surface area contributed by atoms with Crippen LogP contribution in [-0.4, -0.2) is 61.7 Å². The highest BCUT2D eigenvalue weighted by molar-refractivity contribution is 5.90. The first-order chi connectivity index (χ1) is 15.5. The van der Waals surface area contributed by atoms with Gasteiger partial charge in [-0.3, -0.25) is 9.69 Å². The number of nitrogens with zero attached hydrogens (tertiary/aromatic N) is 2. The molecule has 1 aliphatic heterocycles. The van der Waals surface area contributed by atoms with Crippen LogP contribution in [0, 0.1) is 5.92 Å². The van der Waals surface area contributed by atoms with Crippen LogP contribution in [0.2, 0.25) is 0 Å². The Morgan fingerprint density at radius 1 is 1.09 bits per heavy atom. The molecule has 168 valence electrons. The van der Waals surface area contributed by atoms with Gasteiger partial charge < -0.3 is 14.7 Å². The Morgan fingerprint density at radius 3 is 2.44 bits per heavy atom. The second-order valence-corrected chi connectivity index (χ2v) is 8.77. The standard InChI is InChI=1S/C27H32N2O3/c1-28(2)27(20-21-8-4-3-5-9-21)15-7-6-10-24(27)26(31)25(30)22-11-13-23(14-12-22)29-16-18-32-19-17-29/h3-15,24-25,30H,16-20H2,1-2H3. The third-order valence-electron chi connectivity index (χ3n) is 6.66. The Kier molecular flexibility index (Phi) is 6.89. The number of likely N-dealkylation sites (N-methyl/N-ethyl adjacent to an activating group) is 1. The van der Waals surface area contributed by atoms with E-state index in [0.717, 1.165) is 37.6 Å². The summed E-state index contributed by atoms with van der Waals surface area (Å²) in [4.78, 5) is 18.0. The van der Waals surface area contributed by atoms with E-state index in [2.05, 4.69) is 28.0 Å². The highest BCUT2D eigenvalue weighted by atomic mass is 16.5. The number of aliphatic hydroxyl groups excluding tert-OH is 1. The average molecular weight is 433 g/mol. The third kappa shape index (κ3) is 4.56. The van der Waals surface area contributed by atoms with E-state index in [0.29, 0.717) is 12.0 Å². The van der Waals surface area contributed by atoms with Gasteiger partial charge in [0.25, 0.3) is 0 Å². The summed E-state index contributed by atoms with van der Waals surface area (Å²) in [6.07, 6.45) is 7.43. The molecule has 0 bridgehead atoms. The number of hydrogen-bond donors (Lipinski definition) is 1. The van der Waals surface area contributed by atoms with Gasteiger partial charge in [0.2, 0.25) is 0 Å². The Morgan fingerprint density at radius 2 is 1.78 bits per heavy atom. The van der Waals surface area contributed by atoms with Crippen molar-refractivity contribution in [1.29, 1.82) is 0 Å². The van der Waals surface area contributed by atoms with Crippen molar-refractivity contribution in [2.24, 2.45) is 5.92 Å². The van der Waals surface area contributed by atoms with E-state index in [1.54, 1.807) is 0 Å². The highest BCUT2D eigenvalue weighted by Gasteiger charge is 2.44. The number of Topliss-reactive ketones (excluding diaryl/α,β-unsaturated/α-hetero) is 1. The zero-order valence-corrected chi connectivity index (χ0v) is 18.9. The number of ether oxygens (including phenoxy) is 1. The van der Waals surface area contributed by atoms with E-state index < -0.39 is 17.6 Å². The van der Waals surface area contributed by atoms with Crippen LogP contribution < -0.4 is 4.90 Å². The van der Waals surface area contributed by atoms with Gasteiger partial charge >= 0.3 is 0 Å². The zero-order chi connectivity index (χ0) is 22.6. The Hall–Kier alpha value is -2.73. The maximum Gasteiger partial charge on any atom is 0.174 e. The van der Waals surface area contributed by atoms with Gasteiger partial charge in [-0.05, 0) is 43.8 Å². The molecule has 0 radical (unpaired) electrons. The van der Waals surface area contributed by atoms with Gasteiger partial charge in [-0.15, -0.1) is 0 Å². The molecule has 1 fully saturated rings. The van der Waals surface area contributed by atoms with E-state index >= 15 is 0 Å². The molecule has 1 aliphatic carbocycles. The summed E-state index contributed by atoms with van der Waals surface area (Å²) >= 11 is 0. The molecule has 1 saturated heterocycles. The van der Waals surface area contributed by atoms with Crippen LogP contribution >= 0.6 is 0 Å². The van der Waals surface area contributed by atoms with Crippen molar-refractivity contribution < 1.29 is 14.6 Å². The smallest absolute Gasteiger partial charge is 0.174 e. The number of rotatable bonds is 7. The van der Waals surface area contributed by atoms with Crippen molar-refractivity contribution in [3.8, 4) is 0 Å². The number of benzene rings is 2. The molecule has 3 atom stereocenters. The number of anilines is 1. The minimum atomic E-state index is -1.18. The summed E-state index contributed by atoms with van der Waals surface area (Å²) in [7, 11) is 3.99. The molecule has 3 unspecified atom stereocenters. The molecule has 32 heavy (non-hydrogen) atoms. The van der Waals surface area contributed by atoms with Crippen molar-refractivity contribution in [3.05, 3.63) is 90.0 Å². The Labute approximate surface area is 190 Å². The molecule has 5 heteroatoms. The molecule has 2 aromatic carbocycles. The minimum Gasteiger partial charge on any atom is -0.381 e. The van der Waals surface area contributed by atoms with Crippen LogP contribution in [0.25, 0.3) is 0 Å². The number of hydrogen-bond acceptors (Lipinski definition) is 5. The number of allylic oxidation sites excluding steroid dienone is 2. The van der Waals surface area contributed by atoms with Gasteiger partial charge in [-0.1, -0.05) is 66.8 Å². The molecule has 1 heterocycles. The van der Waals surface area contributed by atoms with Crippen molar-refractivity contribution in [3.63, 3.8) is 0 Å². The fraction of sp³-hybridized carbons (Fsp3) is 0.370. The molecular formula is C27H32N2O3. The Bertz CT molecular complexity index is 962. The van der Waals surface area contributed by atoms with Crippen molar-refractivity contribution in [2.75, 3.05) is 45.3 Å². The molecular weight excluding hydrogens is 400 g/mol. The normalized spacial score (nSPS) is 24.0. The number of aliphatic hydroxyl groups is 1. The topological polar surface area (TPSA) is 53.0 Å². The summed E-state index contributed by atoms with van der Waals surface area (Å²) in [6, 6.07) is 17.9. The fourth-order valence-corrected chi connectivity index (χ4v) is 4.71. The summed E-state index contributed by atoms with van der Waals surface area (Å²) in [6.45, 7) is 3.15. The van der Waals surface area contributed by atoms with Gasteiger partial charge in [0.05, 0.1) is 24.7 Å². The molecule has 4 rings (SSSR count).